The van der Waals surface area contributed by atoms with Crippen molar-refractivity contribution in [3.8, 4) is 11.5 Å². The second kappa shape index (κ2) is 3.20. The van der Waals surface area contributed by atoms with E-state index in [0.29, 0.717) is 6.61 Å². The Morgan fingerprint density at radius 3 is 3.08 bits per heavy atom. The molecule has 0 aromatic heterocycles. The Balaban J connectivity index is 2.57. The van der Waals surface area contributed by atoms with Crippen LogP contribution < -0.4 is 15.2 Å². The van der Waals surface area contributed by atoms with Gasteiger partial charge >= 0.3 is 0 Å². The van der Waals surface area contributed by atoms with Crippen LogP contribution in [0.1, 0.15) is 11.6 Å². The second-order valence-corrected chi connectivity index (χ2v) is 3.85. The minimum Gasteiger partial charge on any atom is -0.496 e. The molecule has 0 amide bonds. The first-order valence-corrected chi connectivity index (χ1v) is 4.77. The summed E-state index contributed by atoms with van der Waals surface area (Å²) in [5, 5.41) is 0. The molecule has 0 saturated heterocycles. The molecule has 0 aliphatic carbocycles. The molecule has 0 radical (unpaired) electrons. The Kier molecular flexibility index (Phi) is 2.17. The number of hydrogen-bond acceptors (Lipinski definition) is 3. The largest absolute Gasteiger partial charge is 0.496 e. The number of halogens is 1. The number of ether oxygens (including phenoxy) is 2. The third-order valence-electron chi connectivity index (χ3n) is 2.08. The molecule has 1 aliphatic rings. The van der Waals surface area contributed by atoms with Crippen molar-refractivity contribution in [2.24, 2.45) is 5.73 Å². The Hall–Kier alpha value is -0.740. The summed E-state index contributed by atoms with van der Waals surface area (Å²) in [7, 11) is 1.63. The molecule has 0 bridgehead atoms. The number of nitrogens with two attached hydrogens (primary N) is 1. The zero-order chi connectivity index (χ0) is 9.42. The van der Waals surface area contributed by atoms with Gasteiger partial charge in [0.15, 0.2) is 0 Å². The smallest absolute Gasteiger partial charge is 0.129 e. The minimum atomic E-state index is -0.0713. The van der Waals surface area contributed by atoms with Crippen LogP contribution in [0.2, 0.25) is 0 Å². The van der Waals surface area contributed by atoms with Crippen LogP contribution in [0.5, 0.6) is 11.5 Å². The summed E-state index contributed by atoms with van der Waals surface area (Å²) < 4.78 is 11.6. The lowest BCUT2D eigenvalue weighted by Crippen LogP contribution is -2.11. The van der Waals surface area contributed by atoms with Crippen LogP contribution in [-0.4, -0.2) is 13.7 Å². The molecule has 2 N–H and O–H groups in total. The molecule has 2 rings (SSSR count). The summed E-state index contributed by atoms with van der Waals surface area (Å²) in [5.41, 5.74) is 6.82. The molecule has 13 heavy (non-hydrogen) atoms. The molecule has 1 heterocycles. The SMILES string of the molecule is COc1cc(Br)cc2c1[C@H](N)CO2. The summed E-state index contributed by atoms with van der Waals surface area (Å²) in [6.45, 7) is 0.530. The van der Waals surface area contributed by atoms with Gasteiger partial charge in [0.1, 0.15) is 18.1 Å². The first-order chi connectivity index (χ1) is 6.22. The molecular weight excluding hydrogens is 234 g/mol. The Labute approximate surface area is 85.0 Å². The molecule has 1 aromatic carbocycles. The summed E-state index contributed by atoms with van der Waals surface area (Å²) in [5.74, 6) is 1.60. The topological polar surface area (TPSA) is 44.5 Å². The van der Waals surface area contributed by atoms with Crippen LogP contribution >= 0.6 is 15.9 Å². The number of rotatable bonds is 1. The fourth-order valence-electron chi connectivity index (χ4n) is 1.49. The van der Waals surface area contributed by atoms with Crippen molar-refractivity contribution in [3.05, 3.63) is 22.2 Å². The van der Waals surface area contributed by atoms with Crippen LogP contribution in [0.3, 0.4) is 0 Å². The van der Waals surface area contributed by atoms with Gasteiger partial charge < -0.3 is 15.2 Å². The van der Waals surface area contributed by atoms with Crippen molar-refractivity contribution in [2.45, 2.75) is 6.04 Å². The van der Waals surface area contributed by atoms with Crippen LogP contribution in [-0.2, 0) is 0 Å². The molecule has 3 nitrogen and oxygen atoms in total. The molecule has 1 atom stereocenters. The summed E-state index contributed by atoms with van der Waals surface area (Å²) >= 11 is 3.38. The van der Waals surface area contributed by atoms with Gasteiger partial charge in [-0.05, 0) is 12.1 Å². The van der Waals surface area contributed by atoms with Gasteiger partial charge in [-0.1, -0.05) is 15.9 Å². The molecule has 1 aliphatic heterocycles. The van der Waals surface area contributed by atoms with E-state index in [9.17, 15) is 0 Å². The second-order valence-electron chi connectivity index (χ2n) is 2.94. The van der Waals surface area contributed by atoms with Gasteiger partial charge in [0.2, 0.25) is 0 Å². The van der Waals surface area contributed by atoms with E-state index in [4.69, 9.17) is 15.2 Å². The minimum absolute atomic E-state index is 0.0713. The van der Waals surface area contributed by atoms with E-state index in [-0.39, 0.29) is 6.04 Å². The first-order valence-electron chi connectivity index (χ1n) is 3.98. The highest BCUT2D eigenvalue weighted by Crippen LogP contribution is 2.40. The van der Waals surface area contributed by atoms with E-state index >= 15 is 0 Å². The van der Waals surface area contributed by atoms with Gasteiger partial charge in [-0.15, -0.1) is 0 Å². The van der Waals surface area contributed by atoms with E-state index in [1.165, 1.54) is 0 Å². The third-order valence-corrected chi connectivity index (χ3v) is 2.54. The van der Waals surface area contributed by atoms with Crippen molar-refractivity contribution in [2.75, 3.05) is 13.7 Å². The quantitative estimate of drug-likeness (QED) is 0.819. The van der Waals surface area contributed by atoms with E-state index < -0.39 is 0 Å². The predicted octanol–water partition coefficient (Wildman–Crippen LogP) is 1.85. The predicted molar refractivity (Wildman–Crippen MR) is 53.1 cm³/mol. The van der Waals surface area contributed by atoms with Crippen molar-refractivity contribution in [3.63, 3.8) is 0 Å². The van der Waals surface area contributed by atoms with Crippen LogP contribution in [0.15, 0.2) is 16.6 Å². The highest BCUT2D eigenvalue weighted by Gasteiger charge is 2.25. The zero-order valence-corrected chi connectivity index (χ0v) is 8.80. The van der Waals surface area contributed by atoms with Crippen LogP contribution in [0.25, 0.3) is 0 Å². The van der Waals surface area contributed by atoms with Gasteiger partial charge in [-0.2, -0.15) is 0 Å². The molecule has 4 heteroatoms. The standard InChI is InChI=1S/C9H10BrNO2/c1-12-7-2-5(10)3-8-9(7)6(11)4-13-8/h2-3,6H,4,11H2,1H3/t6-/m1/s1. The molecule has 0 fully saturated rings. The number of hydrogen-bond donors (Lipinski definition) is 1. The molecular formula is C9H10BrNO2. The Morgan fingerprint density at radius 1 is 1.62 bits per heavy atom. The van der Waals surface area contributed by atoms with Gasteiger partial charge in [0, 0.05) is 4.47 Å². The number of fused-ring (bicyclic) bond motifs is 1. The maximum Gasteiger partial charge on any atom is 0.129 e. The molecule has 0 unspecified atom stereocenters. The fraction of sp³-hybridized carbons (Fsp3) is 0.333. The average Bonchev–Trinajstić information content (AvgIpc) is 2.46. The summed E-state index contributed by atoms with van der Waals surface area (Å²) in [6, 6.07) is 3.73. The van der Waals surface area contributed by atoms with Crippen molar-refractivity contribution in [1.29, 1.82) is 0 Å². The van der Waals surface area contributed by atoms with Crippen molar-refractivity contribution >= 4 is 15.9 Å². The maximum atomic E-state index is 5.85. The lowest BCUT2D eigenvalue weighted by molar-refractivity contribution is 0.333. The van der Waals surface area contributed by atoms with Gasteiger partial charge in [-0.3, -0.25) is 0 Å². The normalized spacial score (nSPS) is 19.5. The van der Waals surface area contributed by atoms with E-state index in [0.717, 1.165) is 21.5 Å². The average molecular weight is 244 g/mol. The lowest BCUT2D eigenvalue weighted by Gasteiger charge is -2.08. The van der Waals surface area contributed by atoms with Gasteiger partial charge in [0.05, 0.1) is 18.7 Å². The highest BCUT2D eigenvalue weighted by atomic mass is 79.9. The van der Waals surface area contributed by atoms with E-state index in [1.807, 2.05) is 12.1 Å². The molecule has 0 saturated carbocycles. The van der Waals surface area contributed by atoms with E-state index in [1.54, 1.807) is 7.11 Å². The molecule has 1 aromatic rings. The van der Waals surface area contributed by atoms with Crippen molar-refractivity contribution < 1.29 is 9.47 Å². The van der Waals surface area contributed by atoms with Crippen LogP contribution in [0.4, 0.5) is 0 Å². The van der Waals surface area contributed by atoms with Crippen LogP contribution in [0, 0.1) is 0 Å². The highest BCUT2D eigenvalue weighted by molar-refractivity contribution is 9.10. The zero-order valence-electron chi connectivity index (χ0n) is 7.21. The van der Waals surface area contributed by atoms with Crippen molar-refractivity contribution in [1.82, 2.24) is 0 Å². The summed E-state index contributed by atoms with van der Waals surface area (Å²) in [4.78, 5) is 0. The van der Waals surface area contributed by atoms with Gasteiger partial charge in [0.25, 0.3) is 0 Å². The lowest BCUT2D eigenvalue weighted by atomic mass is 10.1. The number of benzene rings is 1. The molecule has 0 spiro atoms. The Bertz CT molecular complexity index is 341. The molecule has 70 valence electrons. The van der Waals surface area contributed by atoms with E-state index in [2.05, 4.69) is 15.9 Å². The van der Waals surface area contributed by atoms with Gasteiger partial charge in [-0.25, -0.2) is 0 Å². The maximum absolute atomic E-state index is 5.85. The number of methoxy groups -OCH3 is 1. The Morgan fingerprint density at radius 2 is 2.38 bits per heavy atom. The third kappa shape index (κ3) is 1.40. The summed E-state index contributed by atoms with van der Waals surface area (Å²) in [6.07, 6.45) is 0. The monoisotopic (exact) mass is 243 g/mol. The fourth-order valence-corrected chi connectivity index (χ4v) is 1.90. The first kappa shape index (κ1) is 8.84.